The predicted molar refractivity (Wildman–Crippen MR) is 88.3 cm³/mol. The molecule has 0 bridgehead atoms. The number of hydrogen-bond acceptors (Lipinski definition) is 3. The van der Waals surface area contributed by atoms with Crippen molar-refractivity contribution in [2.75, 3.05) is 26.9 Å². The van der Waals surface area contributed by atoms with Gasteiger partial charge in [0.1, 0.15) is 6.10 Å². The van der Waals surface area contributed by atoms with E-state index in [2.05, 4.69) is 49.3 Å². The molecule has 2 aromatic rings. The normalized spacial score (nSPS) is 12.6. The molecule has 2 aromatic carbocycles. The average molecular weight is 284 g/mol. The van der Waals surface area contributed by atoms with Crippen molar-refractivity contribution in [2.45, 2.75) is 19.6 Å². The third-order valence-electron chi connectivity index (χ3n) is 3.58. The second-order valence-electron chi connectivity index (χ2n) is 5.68. The molecule has 0 saturated carbocycles. The van der Waals surface area contributed by atoms with Gasteiger partial charge in [-0.2, -0.15) is 0 Å². The average Bonchev–Trinajstić information content (AvgIpc) is 2.43. The summed E-state index contributed by atoms with van der Waals surface area (Å²) < 4.78 is 5.77. The Kier molecular flexibility index (Phi) is 4.99. The van der Waals surface area contributed by atoms with Crippen LogP contribution in [0.2, 0.25) is 0 Å². The van der Waals surface area contributed by atoms with Crippen LogP contribution in [0.1, 0.15) is 28.4 Å². The Hall–Kier alpha value is -1.84. The van der Waals surface area contributed by atoms with Gasteiger partial charge >= 0.3 is 0 Å². The highest BCUT2D eigenvalue weighted by atomic mass is 16.5. The highest BCUT2D eigenvalue weighted by Gasteiger charge is 2.19. The van der Waals surface area contributed by atoms with E-state index in [1.54, 1.807) is 7.11 Å². The van der Waals surface area contributed by atoms with Crippen LogP contribution in [0.5, 0.6) is 0 Å². The summed E-state index contributed by atoms with van der Waals surface area (Å²) in [6.45, 7) is 2.92. The van der Waals surface area contributed by atoms with Crippen LogP contribution in [0.4, 0.5) is 5.69 Å². The Labute approximate surface area is 127 Å². The molecule has 0 fully saturated rings. The van der Waals surface area contributed by atoms with Gasteiger partial charge in [0.15, 0.2) is 0 Å². The molecule has 0 aromatic heterocycles. The summed E-state index contributed by atoms with van der Waals surface area (Å²) in [4.78, 5) is 2.16. The van der Waals surface area contributed by atoms with Crippen LogP contribution >= 0.6 is 0 Å². The van der Waals surface area contributed by atoms with E-state index in [-0.39, 0.29) is 6.10 Å². The van der Waals surface area contributed by atoms with Crippen molar-refractivity contribution in [1.82, 2.24) is 4.90 Å². The lowest BCUT2D eigenvalue weighted by molar-refractivity contribution is 0.135. The summed E-state index contributed by atoms with van der Waals surface area (Å²) in [6.07, 6.45) is -0.137. The first kappa shape index (κ1) is 15.5. The summed E-state index contributed by atoms with van der Waals surface area (Å²) in [5.41, 5.74) is 11.6. The Morgan fingerprint density at radius 3 is 2.43 bits per heavy atom. The lowest BCUT2D eigenvalue weighted by Gasteiger charge is -2.22. The number of nitrogen functional groups attached to an aromatic ring is 1. The molecular formula is C18H24N2O. The van der Waals surface area contributed by atoms with Gasteiger partial charge in [-0.3, -0.25) is 0 Å². The lowest BCUT2D eigenvalue weighted by atomic mass is 9.94. The third kappa shape index (κ3) is 3.63. The molecule has 3 heteroatoms. The van der Waals surface area contributed by atoms with E-state index in [9.17, 15) is 0 Å². The molecule has 0 saturated heterocycles. The van der Waals surface area contributed by atoms with Gasteiger partial charge in [-0.05, 0) is 43.8 Å². The fourth-order valence-electron chi connectivity index (χ4n) is 2.63. The maximum atomic E-state index is 6.20. The number of hydrogen-bond donors (Lipinski definition) is 1. The summed E-state index contributed by atoms with van der Waals surface area (Å²) >= 11 is 0. The second kappa shape index (κ2) is 6.74. The molecule has 2 rings (SSSR count). The number of benzene rings is 2. The quantitative estimate of drug-likeness (QED) is 0.856. The van der Waals surface area contributed by atoms with Crippen LogP contribution in [0.25, 0.3) is 0 Å². The zero-order valence-corrected chi connectivity index (χ0v) is 13.3. The summed E-state index contributed by atoms with van der Waals surface area (Å²) in [7, 11) is 5.87. The van der Waals surface area contributed by atoms with Gasteiger partial charge in [0.25, 0.3) is 0 Å². The molecule has 0 amide bonds. The highest BCUT2D eigenvalue weighted by molar-refractivity contribution is 5.53. The van der Waals surface area contributed by atoms with Crippen molar-refractivity contribution in [3.63, 3.8) is 0 Å². The molecular weight excluding hydrogens is 260 g/mol. The van der Waals surface area contributed by atoms with Crippen molar-refractivity contribution >= 4 is 5.69 Å². The van der Waals surface area contributed by atoms with Gasteiger partial charge in [0, 0.05) is 24.9 Å². The maximum Gasteiger partial charge on any atom is 0.109 e. The van der Waals surface area contributed by atoms with Crippen molar-refractivity contribution < 1.29 is 4.74 Å². The number of ether oxygens (including phenoxy) is 1. The summed E-state index contributed by atoms with van der Waals surface area (Å²) in [5.74, 6) is 0. The van der Waals surface area contributed by atoms with Crippen molar-refractivity contribution in [1.29, 1.82) is 0 Å². The topological polar surface area (TPSA) is 38.5 Å². The number of aryl methyl sites for hydroxylation is 1. The molecule has 1 unspecified atom stereocenters. The van der Waals surface area contributed by atoms with Crippen molar-refractivity contribution in [2.24, 2.45) is 0 Å². The van der Waals surface area contributed by atoms with Crippen LogP contribution in [0, 0.1) is 6.92 Å². The molecule has 0 radical (unpaired) electrons. The number of anilines is 1. The Morgan fingerprint density at radius 1 is 1.10 bits per heavy atom. The van der Waals surface area contributed by atoms with Gasteiger partial charge in [-0.25, -0.2) is 0 Å². The molecule has 0 aliphatic rings. The minimum absolute atomic E-state index is 0.137. The lowest BCUT2D eigenvalue weighted by Crippen LogP contribution is -2.15. The standard InChI is InChI=1S/C18H24N2O/c1-13-9-10-16(17(19)11-13)18(21-4)15-8-6-5-7-14(15)12-20(2)3/h5-11,18H,12,19H2,1-4H3. The highest BCUT2D eigenvalue weighted by Crippen LogP contribution is 2.32. The zero-order chi connectivity index (χ0) is 15.4. The van der Waals surface area contributed by atoms with Gasteiger partial charge < -0.3 is 15.4 Å². The fraction of sp³-hybridized carbons (Fsp3) is 0.333. The van der Waals surface area contributed by atoms with Gasteiger partial charge in [-0.1, -0.05) is 36.4 Å². The minimum atomic E-state index is -0.137. The van der Waals surface area contributed by atoms with Crippen molar-refractivity contribution in [3.8, 4) is 0 Å². The van der Waals surface area contributed by atoms with E-state index < -0.39 is 0 Å². The van der Waals surface area contributed by atoms with E-state index in [4.69, 9.17) is 10.5 Å². The van der Waals surface area contributed by atoms with Crippen LogP contribution in [0.3, 0.4) is 0 Å². The summed E-state index contributed by atoms with van der Waals surface area (Å²) in [5, 5.41) is 0. The largest absolute Gasteiger partial charge is 0.398 e. The number of methoxy groups -OCH3 is 1. The Bertz CT molecular complexity index is 608. The molecule has 1 atom stereocenters. The second-order valence-corrected chi connectivity index (χ2v) is 5.68. The smallest absolute Gasteiger partial charge is 0.109 e. The molecule has 21 heavy (non-hydrogen) atoms. The maximum absolute atomic E-state index is 6.20. The first-order valence-corrected chi connectivity index (χ1v) is 7.14. The SMILES string of the molecule is COC(c1ccc(C)cc1N)c1ccccc1CN(C)C. The number of rotatable bonds is 5. The third-order valence-corrected chi connectivity index (χ3v) is 3.58. The van der Waals surface area contributed by atoms with Crippen LogP contribution in [-0.2, 0) is 11.3 Å². The number of nitrogens with zero attached hydrogens (tertiary/aromatic N) is 1. The molecule has 2 N–H and O–H groups in total. The summed E-state index contributed by atoms with van der Waals surface area (Å²) in [6, 6.07) is 14.5. The van der Waals surface area contributed by atoms with E-state index in [0.29, 0.717) is 0 Å². The van der Waals surface area contributed by atoms with Crippen molar-refractivity contribution in [3.05, 3.63) is 64.7 Å². The molecule has 112 valence electrons. The Balaban J connectivity index is 2.46. The van der Waals surface area contributed by atoms with E-state index in [1.807, 2.05) is 19.1 Å². The van der Waals surface area contributed by atoms with E-state index in [0.717, 1.165) is 23.4 Å². The molecule has 0 spiro atoms. The zero-order valence-electron chi connectivity index (χ0n) is 13.3. The minimum Gasteiger partial charge on any atom is -0.398 e. The first-order chi connectivity index (χ1) is 10.0. The van der Waals surface area contributed by atoms with E-state index in [1.165, 1.54) is 11.1 Å². The molecule has 0 aliphatic heterocycles. The molecule has 3 nitrogen and oxygen atoms in total. The van der Waals surface area contributed by atoms with Gasteiger partial charge in [0.05, 0.1) is 0 Å². The number of nitrogens with two attached hydrogens (primary N) is 1. The van der Waals surface area contributed by atoms with Gasteiger partial charge in [-0.15, -0.1) is 0 Å². The molecule has 0 aliphatic carbocycles. The first-order valence-electron chi connectivity index (χ1n) is 7.14. The predicted octanol–water partition coefficient (Wildman–Crippen LogP) is 3.37. The molecule has 0 heterocycles. The van der Waals surface area contributed by atoms with Gasteiger partial charge in [0.2, 0.25) is 0 Å². The fourth-order valence-corrected chi connectivity index (χ4v) is 2.63. The Morgan fingerprint density at radius 2 is 1.81 bits per heavy atom. The van der Waals surface area contributed by atoms with E-state index >= 15 is 0 Å². The monoisotopic (exact) mass is 284 g/mol. The van der Waals surface area contributed by atoms with Crippen LogP contribution < -0.4 is 5.73 Å². The van der Waals surface area contributed by atoms with Crippen LogP contribution in [0.15, 0.2) is 42.5 Å². The van der Waals surface area contributed by atoms with Crippen LogP contribution in [-0.4, -0.2) is 26.1 Å².